The fourth-order valence-electron chi connectivity index (χ4n) is 2.97. The number of ketones is 1. The molecule has 3 aromatic rings. The summed E-state index contributed by atoms with van der Waals surface area (Å²) in [5.74, 6) is 0.245. The minimum Gasteiger partial charge on any atom is -0.508 e. The van der Waals surface area contributed by atoms with Crippen molar-refractivity contribution in [3.8, 4) is 11.4 Å². The van der Waals surface area contributed by atoms with Gasteiger partial charge in [-0.15, -0.1) is 0 Å². The van der Waals surface area contributed by atoms with Gasteiger partial charge in [0.2, 0.25) is 0 Å². The molecule has 0 bridgehead atoms. The maximum absolute atomic E-state index is 12.6. The molecular formula is C19H15N3O2. The Morgan fingerprint density at radius 2 is 1.92 bits per heavy atom. The Bertz CT molecular complexity index is 926. The number of nitrogens with zero attached hydrogens (tertiary/aromatic N) is 3. The van der Waals surface area contributed by atoms with E-state index in [0.717, 1.165) is 28.8 Å². The molecule has 24 heavy (non-hydrogen) atoms. The number of rotatable bonds is 2. The number of carbonyl (C=O) groups excluding carboxylic acids is 1. The average Bonchev–Trinajstić information content (AvgIpc) is 3.12. The van der Waals surface area contributed by atoms with E-state index in [1.54, 1.807) is 29.2 Å². The first-order valence-corrected chi connectivity index (χ1v) is 7.73. The van der Waals surface area contributed by atoms with Crippen LogP contribution < -0.4 is 0 Å². The van der Waals surface area contributed by atoms with Crippen molar-refractivity contribution >= 4 is 11.9 Å². The quantitative estimate of drug-likeness (QED) is 0.737. The highest BCUT2D eigenvalue weighted by Gasteiger charge is 2.21. The van der Waals surface area contributed by atoms with E-state index in [-0.39, 0.29) is 11.5 Å². The Hall–Kier alpha value is -3.21. The molecule has 1 aliphatic carbocycles. The number of phenolic OH excluding ortho intramolecular Hbond substituents is 1. The van der Waals surface area contributed by atoms with Crippen molar-refractivity contribution in [2.45, 2.75) is 12.8 Å². The van der Waals surface area contributed by atoms with Crippen LogP contribution in [0.5, 0.6) is 5.75 Å². The van der Waals surface area contributed by atoms with Crippen molar-refractivity contribution in [1.29, 1.82) is 0 Å². The molecule has 0 spiro atoms. The lowest BCUT2D eigenvalue weighted by Gasteiger charge is -2.17. The van der Waals surface area contributed by atoms with Gasteiger partial charge in [-0.25, -0.2) is 9.67 Å². The predicted octanol–water partition coefficient (Wildman–Crippen LogP) is 3.19. The maximum Gasteiger partial charge on any atom is 0.189 e. The minimum absolute atomic E-state index is 0.0385. The summed E-state index contributed by atoms with van der Waals surface area (Å²) in [7, 11) is 0. The molecule has 0 atom stereocenters. The van der Waals surface area contributed by atoms with Gasteiger partial charge in [0.25, 0.3) is 0 Å². The van der Waals surface area contributed by atoms with Crippen molar-refractivity contribution in [2.24, 2.45) is 0 Å². The van der Waals surface area contributed by atoms with E-state index in [1.165, 1.54) is 6.33 Å². The SMILES string of the molecule is O=C1/C(=C/c2ccc(-n3cncn3)cc2)CCc2cc(O)ccc21. The van der Waals surface area contributed by atoms with Crippen molar-refractivity contribution in [3.05, 3.63) is 77.4 Å². The summed E-state index contributed by atoms with van der Waals surface area (Å²) < 4.78 is 1.69. The molecule has 118 valence electrons. The van der Waals surface area contributed by atoms with Gasteiger partial charge >= 0.3 is 0 Å². The van der Waals surface area contributed by atoms with E-state index in [2.05, 4.69) is 10.1 Å². The molecule has 1 aromatic heterocycles. The summed E-state index contributed by atoms with van der Waals surface area (Å²) in [6, 6.07) is 12.8. The summed E-state index contributed by atoms with van der Waals surface area (Å²) in [6.07, 6.45) is 6.51. The minimum atomic E-state index is 0.0385. The van der Waals surface area contributed by atoms with Crippen LogP contribution in [0.3, 0.4) is 0 Å². The summed E-state index contributed by atoms with van der Waals surface area (Å²) in [6.45, 7) is 0. The Labute approximate surface area is 138 Å². The maximum atomic E-state index is 12.6. The number of phenols is 1. The van der Waals surface area contributed by atoms with Crippen LogP contribution in [0, 0.1) is 0 Å². The van der Waals surface area contributed by atoms with Crippen LogP contribution in [0.4, 0.5) is 0 Å². The normalized spacial score (nSPS) is 15.5. The lowest BCUT2D eigenvalue weighted by Crippen LogP contribution is -2.13. The highest BCUT2D eigenvalue weighted by Crippen LogP contribution is 2.29. The Morgan fingerprint density at radius 1 is 1.08 bits per heavy atom. The van der Waals surface area contributed by atoms with E-state index in [9.17, 15) is 9.90 Å². The van der Waals surface area contributed by atoms with Gasteiger partial charge in [-0.3, -0.25) is 4.79 Å². The Morgan fingerprint density at radius 3 is 2.67 bits per heavy atom. The number of carbonyl (C=O) groups is 1. The second-order valence-corrected chi connectivity index (χ2v) is 5.77. The third kappa shape index (κ3) is 2.60. The van der Waals surface area contributed by atoms with E-state index in [0.29, 0.717) is 12.0 Å². The first kappa shape index (κ1) is 14.4. The molecule has 5 heteroatoms. The average molecular weight is 317 g/mol. The zero-order valence-electron chi connectivity index (χ0n) is 12.9. The molecule has 4 rings (SSSR count). The molecule has 0 unspecified atom stereocenters. The lowest BCUT2D eigenvalue weighted by molar-refractivity contribution is 0.102. The van der Waals surface area contributed by atoms with Gasteiger partial charge in [-0.2, -0.15) is 5.10 Å². The predicted molar refractivity (Wildman–Crippen MR) is 90.1 cm³/mol. The van der Waals surface area contributed by atoms with Crippen LogP contribution in [0.2, 0.25) is 0 Å². The van der Waals surface area contributed by atoms with Gasteiger partial charge in [-0.05, 0) is 60.4 Å². The van der Waals surface area contributed by atoms with Gasteiger partial charge in [0.05, 0.1) is 5.69 Å². The third-order valence-corrected chi connectivity index (χ3v) is 4.21. The Kier molecular flexibility index (Phi) is 3.46. The number of benzene rings is 2. The van der Waals surface area contributed by atoms with Gasteiger partial charge in [0.1, 0.15) is 18.4 Å². The van der Waals surface area contributed by atoms with E-state index in [1.807, 2.05) is 30.3 Å². The first-order chi connectivity index (χ1) is 11.7. The topological polar surface area (TPSA) is 68.0 Å². The van der Waals surface area contributed by atoms with Crippen LogP contribution in [0.15, 0.2) is 60.7 Å². The Balaban J connectivity index is 1.62. The van der Waals surface area contributed by atoms with Crippen molar-refractivity contribution in [2.75, 3.05) is 0 Å². The van der Waals surface area contributed by atoms with Crippen LogP contribution in [0.25, 0.3) is 11.8 Å². The number of hydrogen-bond acceptors (Lipinski definition) is 4. The fraction of sp³-hybridized carbons (Fsp3) is 0.105. The summed E-state index contributed by atoms with van der Waals surface area (Å²) >= 11 is 0. The molecule has 0 radical (unpaired) electrons. The van der Waals surface area contributed by atoms with Crippen molar-refractivity contribution < 1.29 is 9.90 Å². The van der Waals surface area contributed by atoms with E-state index in [4.69, 9.17) is 0 Å². The molecule has 1 aliphatic rings. The van der Waals surface area contributed by atoms with Gasteiger partial charge < -0.3 is 5.11 Å². The molecule has 5 nitrogen and oxygen atoms in total. The lowest BCUT2D eigenvalue weighted by atomic mass is 9.86. The number of aromatic nitrogens is 3. The van der Waals surface area contributed by atoms with Crippen molar-refractivity contribution in [1.82, 2.24) is 14.8 Å². The van der Waals surface area contributed by atoms with Crippen LogP contribution >= 0.6 is 0 Å². The fourth-order valence-corrected chi connectivity index (χ4v) is 2.97. The van der Waals surface area contributed by atoms with Gasteiger partial charge in [-0.1, -0.05) is 12.1 Å². The summed E-state index contributed by atoms with van der Waals surface area (Å²) in [5, 5.41) is 13.6. The molecule has 0 fully saturated rings. The summed E-state index contributed by atoms with van der Waals surface area (Å²) in [5.41, 5.74) is 4.29. The molecule has 1 N–H and O–H groups in total. The van der Waals surface area contributed by atoms with Gasteiger partial charge in [0, 0.05) is 11.1 Å². The number of Topliss-reactive ketones (excluding diaryl/α,β-unsaturated/α-hetero) is 1. The first-order valence-electron chi connectivity index (χ1n) is 7.73. The largest absolute Gasteiger partial charge is 0.508 e. The molecule has 1 heterocycles. The molecule has 0 amide bonds. The smallest absolute Gasteiger partial charge is 0.189 e. The zero-order chi connectivity index (χ0) is 16.5. The number of hydrogen-bond donors (Lipinski definition) is 1. The molecule has 2 aromatic carbocycles. The second-order valence-electron chi connectivity index (χ2n) is 5.77. The van der Waals surface area contributed by atoms with Crippen LogP contribution in [-0.2, 0) is 6.42 Å². The number of fused-ring (bicyclic) bond motifs is 1. The van der Waals surface area contributed by atoms with Crippen molar-refractivity contribution in [3.63, 3.8) is 0 Å². The number of allylic oxidation sites excluding steroid dienone is 1. The van der Waals surface area contributed by atoms with Crippen LogP contribution in [0.1, 0.15) is 27.9 Å². The number of aryl methyl sites for hydroxylation is 1. The van der Waals surface area contributed by atoms with Gasteiger partial charge in [0.15, 0.2) is 5.78 Å². The highest BCUT2D eigenvalue weighted by molar-refractivity contribution is 6.13. The standard InChI is InChI=1S/C19H15N3O2/c23-17-7-8-18-14(10-17)3-4-15(19(18)24)9-13-1-5-16(6-2-13)22-12-20-11-21-22/h1-2,5-12,23H,3-4H2/b15-9+. The van der Waals surface area contributed by atoms with E-state index < -0.39 is 0 Å². The zero-order valence-corrected chi connectivity index (χ0v) is 12.9. The molecular weight excluding hydrogens is 302 g/mol. The monoisotopic (exact) mass is 317 g/mol. The highest BCUT2D eigenvalue weighted by atomic mass is 16.3. The molecule has 0 saturated heterocycles. The summed E-state index contributed by atoms with van der Waals surface area (Å²) in [4.78, 5) is 16.5. The molecule has 0 aliphatic heterocycles. The van der Waals surface area contributed by atoms with E-state index >= 15 is 0 Å². The van der Waals surface area contributed by atoms with Crippen LogP contribution in [-0.4, -0.2) is 25.7 Å². The second kappa shape index (κ2) is 5.77. The molecule has 0 saturated carbocycles. The number of aromatic hydroxyl groups is 1. The third-order valence-electron chi connectivity index (χ3n) is 4.21.